The summed E-state index contributed by atoms with van der Waals surface area (Å²) in [6, 6.07) is 0. The lowest BCUT2D eigenvalue weighted by molar-refractivity contribution is -0.132. The van der Waals surface area contributed by atoms with Crippen LogP contribution in [-0.4, -0.2) is 19.5 Å². The van der Waals surface area contributed by atoms with Crippen LogP contribution in [0.5, 0.6) is 0 Å². The fraction of sp³-hybridized carbons (Fsp3) is 0.167. The second-order valence-electron chi connectivity index (χ2n) is 2.22. The maximum absolute atomic E-state index is 10.7. The standard InChI is InChI=1S/C6H5ClO4S/c7-12(10,11)5-2-1-4(3-5)6(8)9/h2-3H,1H2,(H,8,9). The van der Waals surface area contributed by atoms with Gasteiger partial charge in [0.1, 0.15) is 0 Å². The topological polar surface area (TPSA) is 71.4 Å². The Morgan fingerprint density at radius 2 is 2.17 bits per heavy atom. The Labute approximate surface area is 73.6 Å². The molecule has 1 rings (SSSR count). The minimum absolute atomic E-state index is 0.0363. The van der Waals surface area contributed by atoms with E-state index >= 15 is 0 Å². The van der Waals surface area contributed by atoms with E-state index in [9.17, 15) is 13.2 Å². The average molecular weight is 209 g/mol. The van der Waals surface area contributed by atoms with Crippen LogP contribution in [0.3, 0.4) is 0 Å². The van der Waals surface area contributed by atoms with Gasteiger partial charge in [-0.3, -0.25) is 0 Å². The van der Waals surface area contributed by atoms with Gasteiger partial charge in [0, 0.05) is 16.3 Å². The first-order valence-electron chi connectivity index (χ1n) is 3.00. The molecule has 0 saturated heterocycles. The Balaban J connectivity index is 2.97. The first kappa shape index (κ1) is 9.28. The highest BCUT2D eigenvalue weighted by Crippen LogP contribution is 2.24. The monoisotopic (exact) mass is 208 g/mol. The van der Waals surface area contributed by atoms with Crippen molar-refractivity contribution in [3.05, 3.63) is 22.6 Å². The maximum atomic E-state index is 10.7. The summed E-state index contributed by atoms with van der Waals surface area (Å²) in [5.74, 6) is -1.12. The van der Waals surface area contributed by atoms with E-state index in [2.05, 4.69) is 0 Å². The van der Waals surface area contributed by atoms with Gasteiger partial charge in [0.05, 0.1) is 4.91 Å². The number of hydrogen-bond acceptors (Lipinski definition) is 3. The third kappa shape index (κ3) is 1.86. The van der Waals surface area contributed by atoms with Crippen molar-refractivity contribution in [1.82, 2.24) is 0 Å². The molecule has 0 spiro atoms. The highest BCUT2D eigenvalue weighted by Gasteiger charge is 2.20. The smallest absolute Gasteiger partial charge is 0.331 e. The lowest BCUT2D eigenvalue weighted by Crippen LogP contribution is -1.97. The first-order valence-corrected chi connectivity index (χ1v) is 5.31. The zero-order valence-corrected chi connectivity index (χ0v) is 7.39. The molecule has 0 amide bonds. The predicted octanol–water partition coefficient (Wildman–Crippen LogP) is 0.854. The van der Waals surface area contributed by atoms with E-state index in [4.69, 9.17) is 15.8 Å². The van der Waals surface area contributed by atoms with Gasteiger partial charge in [-0.05, 0) is 12.5 Å². The number of rotatable bonds is 2. The molecule has 1 aliphatic rings. The molecule has 66 valence electrons. The van der Waals surface area contributed by atoms with Crippen molar-refractivity contribution in [3.8, 4) is 0 Å². The average Bonchev–Trinajstić information content (AvgIpc) is 2.30. The normalized spacial score (nSPS) is 17.1. The number of carbonyl (C=O) groups is 1. The Morgan fingerprint density at radius 3 is 2.42 bits per heavy atom. The maximum Gasteiger partial charge on any atom is 0.331 e. The van der Waals surface area contributed by atoms with Gasteiger partial charge in [-0.2, -0.15) is 0 Å². The van der Waals surface area contributed by atoms with E-state index in [0.29, 0.717) is 0 Å². The third-order valence-corrected chi connectivity index (χ3v) is 2.78. The van der Waals surface area contributed by atoms with E-state index in [0.717, 1.165) is 6.08 Å². The van der Waals surface area contributed by atoms with Crippen LogP contribution < -0.4 is 0 Å². The Bertz CT molecular complexity index is 376. The van der Waals surface area contributed by atoms with Crippen LogP contribution in [-0.2, 0) is 13.8 Å². The van der Waals surface area contributed by atoms with Gasteiger partial charge >= 0.3 is 5.97 Å². The molecule has 0 aromatic carbocycles. The van der Waals surface area contributed by atoms with Crippen molar-refractivity contribution in [2.75, 3.05) is 0 Å². The lowest BCUT2D eigenvalue weighted by atomic mass is 10.2. The molecule has 0 aliphatic heterocycles. The summed E-state index contributed by atoms with van der Waals surface area (Å²) in [6.07, 6.45) is 2.44. The quantitative estimate of drug-likeness (QED) is 0.683. The van der Waals surface area contributed by atoms with Crippen LogP contribution in [0.15, 0.2) is 22.6 Å². The summed E-state index contributed by atoms with van der Waals surface area (Å²) in [4.78, 5) is 10.2. The van der Waals surface area contributed by atoms with Gasteiger partial charge < -0.3 is 5.11 Å². The number of carboxylic acid groups (broad SMARTS) is 1. The van der Waals surface area contributed by atoms with E-state index in [1.807, 2.05) is 0 Å². The molecule has 6 heteroatoms. The summed E-state index contributed by atoms with van der Waals surface area (Å²) in [5.41, 5.74) is 0.0363. The van der Waals surface area contributed by atoms with Gasteiger partial charge in [-0.25, -0.2) is 13.2 Å². The van der Waals surface area contributed by atoms with Gasteiger partial charge in [0.25, 0.3) is 9.05 Å². The van der Waals surface area contributed by atoms with E-state index in [1.54, 1.807) is 0 Å². The van der Waals surface area contributed by atoms with E-state index in [-0.39, 0.29) is 16.9 Å². The molecule has 0 heterocycles. The van der Waals surface area contributed by atoms with E-state index in [1.165, 1.54) is 6.08 Å². The molecule has 0 aromatic rings. The van der Waals surface area contributed by atoms with E-state index < -0.39 is 15.0 Å². The molecule has 1 aliphatic carbocycles. The fourth-order valence-electron chi connectivity index (χ4n) is 0.819. The van der Waals surface area contributed by atoms with Crippen LogP contribution in [0.4, 0.5) is 0 Å². The molecule has 0 radical (unpaired) electrons. The first-order chi connectivity index (χ1) is 5.41. The molecular formula is C6H5ClO4S. The zero-order chi connectivity index (χ0) is 9.35. The molecule has 0 saturated carbocycles. The number of aliphatic carboxylic acids is 1. The van der Waals surface area contributed by atoms with Crippen LogP contribution in [0, 0.1) is 0 Å². The number of carboxylic acids is 1. The molecule has 0 aromatic heterocycles. The van der Waals surface area contributed by atoms with Crippen LogP contribution in [0.2, 0.25) is 0 Å². The number of halogens is 1. The van der Waals surface area contributed by atoms with Crippen molar-refractivity contribution < 1.29 is 18.3 Å². The molecule has 0 unspecified atom stereocenters. The molecular weight excluding hydrogens is 204 g/mol. The second kappa shape index (κ2) is 2.91. The fourth-order valence-corrected chi connectivity index (χ4v) is 1.71. The molecule has 0 fully saturated rings. The minimum atomic E-state index is -3.78. The van der Waals surface area contributed by atoms with Gasteiger partial charge in [-0.15, -0.1) is 0 Å². The summed E-state index contributed by atoms with van der Waals surface area (Å²) in [6.45, 7) is 0. The largest absolute Gasteiger partial charge is 0.478 e. The molecule has 12 heavy (non-hydrogen) atoms. The van der Waals surface area contributed by atoms with Crippen molar-refractivity contribution in [2.45, 2.75) is 6.42 Å². The summed E-state index contributed by atoms with van der Waals surface area (Å²) >= 11 is 0. The van der Waals surface area contributed by atoms with Crippen LogP contribution in [0.1, 0.15) is 6.42 Å². The summed E-state index contributed by atoms with van der Waals surface area (Å²) in [5, 5.41) is 8.46. The third-order valence-electron chi connectivity index (χ3n) is 1.40. The predicted molar refractivity (Wildman–Crippen MR) is 43.2 cm³/mol. The Hall–Kier alpha value is -0.810. The van der Waals surface area contributed by atoms with Gasteiger partial charge in [0.15, 0.2) is 0 Å². The van der Waals surface area contributed by atoms with Gasteiger partial charge in [-0.1, -0.05) is 6.08 Å². The highest BCUT2D eigenvalue weighted by molar-refractivity contribution is 8.17. The Morgan fingerprint density at radius 1 is 1.58 bits per heavy atom. The minimum Gasteiger partial charge on any atom is -0.478 e. The van der Waals surface area contributed by atoms with Gasteiger partial charge in [0.2, 0.25) is 0 Å². The highest BCUT2D eigenvalue weighted by atomic mass is 35.7. The summed E-state index contributed by atoms with van der Waals surface area (Å²) < 4.78 is 21.3. The molecule has 0 bridgehead atoms. The van der Waals surface area contributed by atoms with Crippen molar-refractivity contribution in [1.29, 1.82) is 0 Å². The molecule has 0 atom stereocenters. The number of allylic oxidation sites excluding steroid dienone is 2. The zero-order valence-electron chi connectivity index (χ0n) is 5.82. The summed E-state index contributed by atoms with van der Waals surface area (Å²) in [7, 11) is 1.20. The Kier molecular flexibility index (Phi) is 2.25. The van der Waals surface area contributed by atoms with Crippen LogP contribution >= 0.6 is 10.7 Å². The van der Waals surface area contributed by atoms with Crippen LogP contribution in [0.25, 0.3) is 0 Å². The lowest BCUT2D eigenvalue weighted by Gasteiger charge is -1.89. The molecule has 1 N–H and O–H groups in total. The second-order valence-corrected chi connectivity index (χ2v) is 4.79. The number of hydrogen-bond donors (Lipinski definition) is 1. The van der Waals surface area contributed by atoms with Crippen molar-refractivity contribution in [2.24, 2.45) is 0 Å². The molecule has 4 nitrogen and oxygen atoms in total. The SMILES string of the molecule is O=C(O)C1=CC(S(=O)(=O)Cl)=CC1. The van der Waals surface area contributed by atoms with Crippen molar-refractivity contribution >= 4 is 25.7 Å². The van der Waals surface area contributed by atoms with Crippen molar-refractivity contribution in [3.63, 3.8) is 0 Å².